The molecular weight excluding hydrogens is 396 g/mol. The van der Waals surface area contributed by atoms with Gasteiger partial charge in [0.25, 0.3) is 0 Å². The van der Waals surface area contributed by atoms with Gasteiger partial charge >= 0.3 is 6.09 Å². The van der Waals surface area contributed by atoms with Crippen LogP contribution in [0.5, 0.6) is 0 Å². The third-order valence-corrected chi connectivity index (χ3v) is 4.10. The highest BCUT2D eigenvalue weighted by atomic mass is 79.9. The third-order valence-electron chi connectivity index (χ3n) is 3.61. The van der Waals surface area contributed by atoms with Crippen LogP contribution in [-0.2, 0) is 4.74 Å². The predicted molar refractivity (Wildman–Crippen MR) is 107 cm³/mol. The van der Waals surface area contributed by atoms with Crippen molar-refractivity contribution in [2.75, 3.05) is 18.4 Å². The molecule has 6 nitrogen and oxygen atoms in total. The summed E-state index contributed by atoms with van der Waals surface area (Å²) in [6.45, 7) is 6.50. The lowest BCUT2D eigenvalue weighted by molar-refractivity contribution is 0.0530. The van der Waals surface area contributed by atoms with Crippen LogP contribution in [0.15, 0.2) is 41.0 Å². The molecule has 0 radical (unpaired) electrons. The molecule has 0 unspecified atom stereocenters. The molecule has 0 saturated carbocycles. The minimum atomic E-state index is -0.507. The van der Waals surface area contributed by atoms with Crippen molar-refractivity contribution in [1.82, 2.24) is 15.3 Å². The van der Waals surface area contributed by atoms with Crippen LogP contribution in [0.25, 0.3) is 21.9 Å². The number of halogens is 1. The molecule has 2 N–H and O–H groups in total. The number of ether oxygens (including phenoxy) is 1. The van der Waals surface area contributed by atoms with Crippen LogP contribution in [0, 0.1) is 0 Å². The van der Waals surface area contributed by atoms with Crippen LogP contribution < -0.4 is 10.6 Å². The number of hydrogen-bond donors (Lipinski definition) is 2. The quantitative estimate of drug-likeness (QED) is 0.484. The van der Waals surface area contributed by atoms with Gasteiger partial charge in [-0.2, -0.15) is 0 Å². The lowest BCUT2D eigenvalue weighted by Crippen LogP contribution is -2.35. The van der Waals surface area contributed by atoms with Crippen molar-refractivity contribution >= 4 is 49.6 Å². The van der Waals surface area contributed by atoms with Gasteiger partial charge in [0.15, 0.2) is 5.65 Å². The highest BCUT2D eigenvalue weighted by Crippen LogP contribution is 2.31. The number of benzene rings is 1. The first-order valence-electron chi connectivity index (χ1n) is 8.38. The zero-order chi connectivity index (χ0) is 18.7. The molecule has 0 spiro atoms. The number of anilines is 1. The van der Waals surface area contributed by atoms with E-state index in [0.717, 1.165) is 26.4 Å². The van der Waals surface area contributed by atoms with E-state index in [1.165, 1.54) is 0 Å². The fourth-order valence-corrected chi connectivity index (χ4v) is 2.96. The fourth-order valence-electron chi connectivity index (χ4n) is 2.60. The van der Waals surface area contributed by atoms with Gasteiger partial charge in [-0.15, -0.1) is 0 Å². The first kappa shape index (κ1) is 18.4. The summed E-state index contributed by atoms with van der Waals surface area (Å²) in [7, 11) is 0. The maximum atomic E-state index is 11.8. The van der Waals surface area contributed by atoms with Gasteiger partial charge < -0.3 is 15.4 Å². The van der Waals surface area contributed by atoms with Gasteiger partial charge in [0.05, 0.1) is 11.2 Å². The number of carbonyl (C=O) groups excluding carboxylic acids is 1. The number of amides is 1. The van der Waals surface area contributed by atoms with Crippen LogP contribution in [-0.4, -0.2) is 34.8 Å². The van der Waals surface area contributed by atoms with Crippen LogP contribution in [0.4, 0.5) is 10.5 Å². The van der Waals surface area contributed by atoms with Crippen LogP contribution in [0.3, 0.4) is 0 Å². The molecule has 1 amide bonds. The minimum Gasteiger partial charge on any atom is -0.444 e. The number of pyridine rings is 2. The smallest absolute Gasteiger partial charge is 0.407 e. The van der Waals surface area contributed by atoms with Crippen molar-refractivity contribution in [2.45, 2.75) is 26.4 Å². The summed E-state index contributed by atoms with van der Waals surface area (Å²) in [5, 5.41) is 8.10. The van der Waals surface area contributed by atoms with Crippen molar-refractivity contribution in [1.29, 1.82) is 0 Å². The zero-order valence-corrected chi connectivity index (χ0v) is 16.6. The van der Waals surface area contributed by atoms with Gasteiger partial charge in [0.2, 0.25) is 0 Å². The third kappa shape index (κ3) is 4.40. The molecule has 0 saturated heterocycles. The Balaban J connectivity index is 1.79. The van der Waals surface area contributed by atoms with Crippen LogP contribution >= 0.6 is 15.9 Å². The Morgan fingerprint density at radius 1 is 1.19 bits per heavy atom. The largest absolute Gasteiger partial charge is 0.444 e. The molecule has 0 aliphatic heterocycles. The Morgan fingerprint density at radius 3 is 2.77 bits per heavy atom. The average molecular weight is 417 g/mol. The topological polar surface area (TPSA) is 76.1 Å². The Hall–Kier alpha value is -2.41. The van der Waals surface area contributed by atoms with Crippen molar-refractivity contribution < 1.29 is 9.53 Å². The van der Waals surface area contributed by atoms with E-state index in [1.807, 2.05) is 51.1 Å². The van der Waals surface area contributed by atoms with E-state index in [0.29, 0.717) is 18.7 Å². The minimum absolute atomic E-state index is 0.423. The summed E-state index contributed by atoms with van der Waals surface area (Å²) in [6.07, 6.45) is 1.31. The molecular formula is C19H21BrN4O2. The number of aromatic nitrogens is 2. The molecule has 3 rings (SSSR count). The van der Waals surface area contributed by atoms with Crippen molar-refractivity contribution in [2.24, 2.45) is 0 Å². The number of rotatable bonds is 4. The molecule has 0 bridgehead atoms. The highest BCUT2D eigenvalue weighted by molar-refractivity contribution is 9.10. The van der Waals surface area contributed by atoms with Crippen molar-refractivity contribution in [3.05, 3.63) is 41.0 Å². The molecule has 7 heteroatoms. The van der Waals surface area contributed by atoms with Gasteiger partial charge in [-0.05, 0) is 51.1 Å². The Morgan fingerprint density at radius 2 is 2.00 bits per heavy atom. The highest BCUT2D eigenvalue weighted by Gasteiger charge is 2.15. The van der Waals surface area contributed by atoms with E-state index in [1.54, 1.807) is 6.20 Å². The van der Waals surface area contributed by atoms with E-state index in [2.05, 4.69) is 36.5 Å². The van der Waals surface area contributed by atoms with E-state index in [-0.39, 0.29) is 0 Å². The van der Waals surface area contributed by atoms with E-state index < -0.39 is 11.7 Å². The van der Waals surface area contributed by atoms with E-state index >= 15 is 0 Å². The van der Waals surface area contributed by atoms with Gasteiger partial charge in [0.1, 0.15) is 5.60 Å². The van der Waals surface area contributed by atoms with Gasteiger partial charge in [-0.3, -0.25) is 0 Å². The summed E-state index contributed by atoms with van der Waals surface area (Å²) in [5.74, 6) is 0. The van der Waals surface area contributed by atoms with Gasteiger partial charge in [-0.25, -0.2) is 14.8 Å². The number of carbonyl (C=O) groups is 1. The van der Waals surface area contributed by atoms with Crippen LogP contribution in [0.1, 0.15) is 20.8 Å². The molecule has 26 heavy (non-hydrogen) atoms. The fraction of sp³-hybridized carbons (Fsp3) is 0.316. The molecule has 2 aromatic heterocycles. The second-order valence-electron chi connectivity index (χ2n) is 6.88. The standard InChI is InChI=1S/C19H21BrN4O2/c1-19(2,3)26-18(25)23-10-9-21-16-13-5-4-8-22-17(13)24-15-7-6-12(20)11-14(15)16/h4-8,11H,9-10H2,1-3H3,(H,23,25)(H,21,22,24). The first-order valence-corrected chi connectivity index (χ1v) is 9.17. The number of nitrogens with one attached hydrogen (secondary N) is 2. The second-order valence-corrected chi connectivity index (χ2v) is 7.79. The Bertz CT molecular complexity index is 953. The predicted octanol–water partition coefficient (Wildman–Crippen LogP) is 4.48. The van der Waals surface area contributed by atoms with Crippen molar-refractivity contribution in [3.8, 4) is 0 Å². The lowest BCUT2D eigenvalue weighted by Gasteiger charge is -2.20. The number of nitrogens with zero attached hydrogens (tertiary/aromatic N) is 2. The SMILES string of the molecule is CC(C)(C)OC(=O)NCCNc1c2cc(Br)ccc2nc2ncccc12. The summed E-state index contributed by atoms with van der Waals surface area (Å²) in [5.41, 5.74) is 1.99. The Labute approximate surface area is 160 Å². The summed E-state index contributed by atoms with van der Waals surface area (Å²) in [4.78, 5) is 20.7. The molecule has 2 heterocycles. The summed E-state index contributed by atoms with van der Waals surface area (Å²) >= 11 is 3.51. The maximum absolute atomic E-state index is 11.8. The van der Waals surface area contributed by atoms with Gasteiger partial charge in [-0.1, -0.05) is 15.9 Å². The maximum Gasteiger partial charge on any atom is 0.407 e. The molecule has 0 aliphatic carbocycles. The molecule has 136 valence electrons. The average Bonchev–Trinajstić information content (AvgIpc) is 2.56. The normalized spacial score (nSPS) is 11.5. The summed E-state index contributed by atoms with van der Waals surface area (Å²) < 4.78 is 6.22. The molecule has 0 aliphatic rings. The second kappa shape index (κ2) is 7.45. The Kier molecular flexibility index (Phi) is 5.27. The van der Waals surface area contributed by atoms with E-state index in [9.17, 15) is 4.79 Å². The van der Waals surface area contributed by atoms with E-state index in [4.69, 9.17) is 4.74 Å². The lowest BCUT2D eigenvalue weighted by atomic mass is 10.1. The van der Waals surface area contributed by atoms with Crippen molar-refractivity contribution in [3.63, 3.8) is 0 Å². The van der Waals surface area contributed by atoms with Gasteiger partial charge in [0, 0.05) is 34.5 Å². The number of alkyl carbamates (subject to hydrolysis) is 1. The zero-order valence-electron chi connectivity index (χ0n) is 15.0. The molecule has 3 aromatic rings. The monoisotopic (exact) mass is 416 g/mol. The first-order chi connectivity index (χ1) is 12.3. The molecule has 0 fully saturated rings. The van der Waals surface area contributed by atoms with Crippen LogP contribution in [0.2, 0.25) is 0 Å². The molecule has 1 aromatic carbocycles. The molecule has 0 atom stereocenters. The number of fused-ring (bicyclic) bond motifs is 2. The number of hydrogen-bond acceptors (Lipinski definition) is 5. The summed E-state index contributed by atoms with van der Waals surface area (Å²) in [6, 6.07) is 9.81.